The maximum absolute atomic E-state index is 13.7. The smallest absolute Gasteiger partial charge is 0.212 e. The Morgan fingerprint density at radius 2 is 1.92 bits per heavy atom. The Labute approximate surface area is 215 Å². The molecule has 0 amide bonds. The van der Waals surface area contributed by atoms with Gasteiger partial charge in [0.15, 0.2) is 0 Å². The molecule has 2 atom stereocenters. The van der Waals surface area contributed by atoms with E-state index >= 15 is 0 Å². The molecule has 0 spiro atoms. The third-order valence-corrected chi connectivity index (χ3v) is 6.71. The van der Waals surface area contributed by atoms with Crippen LogP contribution in [0.3, 0.4) is 0 Å². The standard InChI is InChI=1S/C27H31ClFN3O4/c1-27(34,20-5-10-26(35-2)30-16-20)18-31-11-12-32(25(17-31)19-3-6-21(29)7-4-19)24-9-8-22(15-23(24)28)36-14-13-33/h3-10,15-16,25,33-34H,11-14,17-18H2,1-2H3/t25-,27+/m0/s1. The average molecular weight is 516 g/mol. The summed E-state index contributed by atoms with van der Waals surface area (Å²) in [5.41, 5.74) is 1.36. The lowest BCUT2D eigenvalue weighted by molar-refractivity contribution is 0.00997. The molecule has 1 aliphatic heterocycles. The van der Waals surface area contributed by atoms with Crippen LogP contribution in [0.25, 0.3) is 0 Å². The van der Waals surface area contributed by atoms with E-state index in [2.05, 4.69) is 14.8 Å². The number of aliphatic hydroxyl groups is 2. The number of halogens is 2. The summed E-state index contributed by atoms with van der Waals surface area (Å²) in [6, 6.07) is 15.4. The normalized spacial score (nSPS) is 18.1. The number of aromatic nitrogens is 1. The lowest BCUT2D eigenvalue weighted by Gasteiger charge is -2.45. The summed E-state index contributed by atoms with van der Waals surface area (Å²) in [5.74, 6) is 0.777. The van der Waals surface area contributed by atoms with E-state index in [0.29, 0.717) is 48.4 Å². The van der Waals surface area contributed by atoms with Crippen molar-refractivity contribution in [2.45, 2.75) is 18.6 Å². The van der Waals surface area contributed by atoms with Crippen molar-refractivity contribution in [3.63, 3.8) is 0 Å². The second-order valence-corrected chi connectivity index (χ2v) is 9.45. The third kappa shape index (κ3) is 6.07. The fourth-order valence-corrected chi connectivity index (χ4v) is 4.84. The number of rotatable bonds is 9. The van der Waals surface area contributed by atoms with Crippen molar-refractivity contribution in [2.24, 2.45) is 0 Å². The van der Waals surface area contributed by atoms with Crippen molar-refractivity contribution >= 4 is 17.3 Å². The van der Waals surface area contributed by atoms with Crippen LogP contribution in [0.1, 0.15) is 24.1 Å². The number of aliphatic hydroxyl groups excluding tert-OH is 1. The highest BCUT2D eigenvalue weighted by atomic mass is 35.5. The van der Waals surface area contributed by atoms with Gasteiger partial charge in [0.05, 0.1) is 30.5 Å². The summed E-state index contributed by atoms with van der Waals surface area (Å²) in [6.45, 7) is 4.23. The van der Waals surface area contributed by atoms with Crippen LogP contribution in [-0.4, -0.2) is 66.6 Å². The zero-order chi connectivity index (χ0) is 25.7. The largest absolute Gasteiger partial charge is 0.491 e. The van der Waals surface area contributed by atoms with E-state index in [0.717, 1.165) is 11.3 Å². The average Bonchev–Trinajstić information content (AvgIpc) is 2.88. The van der Waals surface area contributed by atoms with Crippen LogP contribution in [-0.2, 0) is 5.60 Å². The Kier molecular flexibility index (Phi) is 8.31. The first-order valence-electron chi connectivity index (χ1n) is 11.8. The Balaban J connectivity index is 1.57. The topological polar surface area (TPSA) is 78.3 Å². The molecule has 2 N–H and O–H groups in total. The molecule has 4 rings (SSSR count). The SMILES string of the molecule is COc1ccc([C@](C)(O)CN2CCN(c3ccc(OCCO)cc3Cl)[C@H](c3ccc(F)cc3)C2)cn1. The molecular weight excluding hydrogens is 485 g/mol. The number of hydrogen-bond donors (Lipinski definition) is 2. The Bertz CT molecular complexity index is 1140. The quantitative estimate of drug-likeness (QED) is 0.445. The molecule has 0 saturated carbocycles. The number of anilines is 1. The van der Waals surface area contributed by atoms with Gasteiger partial charge >= 0.3 is 0 Å². The van der Waals surface area contributed by atoms with Crippen molar-refractivity contribution in [2.75, 3.05) is 51.4 Å². The van der Waals surface area contributed by atoms with Crippen molar-refractivity contribution in [3.8, 4) is 11.6 Å². The summed E-state index contributed by atoms with van der Waals surface area (Å²) in [4.78, 5) is 8.63. The Morgan fingerprint density at radius 1 is 1.14 bits per heavy atom. The van der Waals surface area contributed by atoms with Crippen LogP contribution >= 0.6 is 11.6 Å². The van der Waals surface area contributed by atoms with Gasteiger partial charge < -0.3 is 24.6 Å². The molecule has 1 aliphatic rings. The fourth-order valence-electron chi connectivity index (χ4n) is 4.56. The number of pyridine rings is 1. The molecule has 36 heavy (non-hydrogen) atoms. The first-order valence-corrected chi connectivity index (χ1v) is 12.2. The van der Waals surface area contributed by atoms with Crippen LogP contribution in [0.5, 0.6) is 11.6 Å². The molecule has 0 bridgehead atoms. The predicted molar refractivity (Wildman–Crippen MR) is 137 cm³/mol. The zero-order valence-electron chi connectivity index (χ0n) is 20.4. The number of methoxy groups -OCH3 is 1. The van der Waals surface area contributed by atoms with Gasteiger partial charge in [0, 0.05) is 50.1 Å². The molecule has 1 aromatic heterocycles. The third-order valence-electron chi connectivity index (χ3n) is 6.41. The molecule has 0 radical (unpaired) electrons. The minimum Gasteiger partial charge on any atom is -0.491 e. The maximum Gasteiger partial charge on any atom is 0.212 e. The number of nitrogens with zero attached hydrogens (tertiary/aromatic N) is 3. The molecule has 2 heterocycles. The second-order valence-electron chi connectivity index (χ2n) is 9.04. The van der Waals surface area contributed by atoms with Gasteiger partial charge in [0.25, 0.3) is 0 Å². The summed E-state index contributed by atoms with van der Waals surface area (Å²) in [6.07, 6.45) is 1.63. The van der Waals surface area contributed by atoms with Gasteiger partial charge in [-0.25, -0.2) is 9.37 Å². The summed E-state index contributed by atoms with van der Waals surface area (Å²) >= 11 is 6.65. The second kappa shape index (κ2) is 11.4. The first-order chi connectivity index (χ1) is 17.3. The van der Waals surface area contributed by atoms with Crippen LogP contribution in [0.4, 0.5) is 10.1 Å². The molecule has 192 valence electrons. The molecular formula is C27H31ClFN3O4. The molecule has 9 heteroatoms. The highest BCUT2D eigenvalue weighted by molar-refractivity contribution is 6.33. The summed E-state index contributed by atoms with van der Waals surface area (Å²) in [5, 5.41) is 20.8. The molecule has 0 unspecified atom stereocenters. The van der Waals surface area contributed by atoms with E-state index in [4.69, 9.17) is 26.2 Å². The number of hydrogen-bond acceptors (Lipinski definition) is 7. The number of benzene rings is 2. The Morgan fingerprint density at radius 3 is 2.56 bits per heavy atom. The van der Waals surface area contributed by atoms with Gasteiger partial charge in [0.1, 0.15) is 23.8 Å². The van der Waals surface area contributed by atoms with E-state index in [1.807, 2.05) is 18.2 Å². The van der Waals surface area contributed by atoms with E-state index in [1.54, 1.807) is 44.5 Å². The van der Waals surface area contributed by atoms with Crippen LogP contribution in [0, 0.1) is 5.82 Å². The molecule has 7 nitrogen and oxygen atoms in total. The summed E-state index contributed by atoms with van der Waals surface area (Å²) in [7, 11) is 1.55. The molecule has 3 aromatic rings. The van der Waals surface area contributed by atoms with Crippen molar-refractivity contribution in [3.05, 3.63) is 82.8 Å². The molecule has 0 aliphatic carbocycles. The maximum atomic E-state index is 13.7. The van der Waals surface area contributed by atoms with Gasteiger partial charge in [-0.3, -0.25) is 4.90 Å². The number of ether oxygens (including phenoxy) is 2. The van der Waals surface area contributed by atoms with E-state index in [9.17, 15) is 9.50 Å². The monoisotopic (exact) mass is 515 g/mol. The van der Waals surface area contributed by atoms with Crippen LogP contribution < -0.4 is 14.4 Å². The van der Waals surface area contributed by atoms with E-state index < -0.39 is 5.60 Å². The van der Waals surface area contributed by atoms with Gasteiger partial charge in [-0.2, -0.15) is 0 Å². The minimum absolute atomic E-state index is 0.0790. The minimum atomic E-state index is -1.13. The van der Waals surface area contributed by atoms with E-state index in [1.165, 1.54) is 12.1 Å². The lowest BCUT2D eigenvalue weighted by atomic mass is 9.95. The highest BCUT2D eigenvalue weighted by Gasteiger charge is 2.34. The van der Waals surface area contributed by atoms with Gasteiger partial charge in [-0.05, 0) is 42.8 Å². The molecule has 1 saturated heterocycles. The lowest BCUT2D eigenvalue weighted by Crippen LogP contribution is -2.52. The molecule has 2 aromatic carbocycles. The Hall–Kier alpha value is -2.91. The number of piperazine rings is 1. The van der Waals surface area contributed by atoms with Gasteiger partial charge in [0.2, 0.25) is 5.88 Å². The highest BCUT2D eigenvalue weighted by Crippen LogP contribution is 2.38. The van der Waals surface area contributed by atoms with E-state index in [-0.39, 0.29) is 25.1 Å². The predicted octanol–water partition coefficient (Wildman–Crippen LogP) is 4.02. The fraction of sp³-hybridized carbons (Fsp3) is 0.370. The van der Waals surface area contributed by atoms with Crippen molar-refractivity contribution in [1.82, 2.24) is 9.88 Å². The van der Waals surface area contributed by atoms with Crippen LogP contribution in [0.15, 0.2) is 60.8 Å². The van der Waals surface area contributed by atoms with Gasteiger partial charge in [-0.1, -0.05) is 23.7 Å². The first kappa shape index (κ1) is 26.2. The zero-order valence-corrected chi connectivity index (χ0v) is 21.2. The van der Waals surface area contributed by atoms with Crippen molar-refractivity contribution in [1.29, 1.82) is 0 Å². The van der Waals surface area contributed by atoms with Crippen LogP contribution in [0.2, 0.25) is 5.02 Å². The van der Waals surface area contributed by atoms with Crippen molar-refractivity contribution < 1.29 is 24.1 Å². The van der Waals surface area contributed by atoms with Gasteiger partial charge in [-0.15, -0.1) is 0 Å². The summed E-state index contributed by atoms with van der Waals surface area (Å²) < 4.78 is 24.3. The number of β-amino-alcohol motifs (C(OH)–C–C–N with tert-alkyl or cyclic N) is 1. The molecule has 1 fully saturated rings.